The van der Waals surface area contributed by atoms with Gasteiger partial charge in [-0.05, 0) is 16.5 Å². The Kier molecular flexibility index (Phi) is 5.04. The first-order valence-corrected chi connectivity index (χ1v) is 6.36. The Morgan fingerprint density at radius 1 is 1.21 bits per heavy atom. The maximum atomic E-state index is 12.5. The van der Waals surface area contributed by atoms with Gasteiger partial charge in [-0.15, -0.1) is 0 Å². The summed E-state index contributed by atoms with van der Waals surface area (Å²) in [5, 5.41) is 2.57. The summed E-state index contributed by atoms with van der Waals surface area (Å²) in [4.78, 5) is 11.1. The third kappa shape index (κ3) is 4.97. The summed E-state index contributed by atoms with van der Waals surface area (Å²) in [6.07, 6.45) is -2.81. The van der Waals surface area contributed by atoms with E-state index in [0.29, 0.717) is 5.56 Å². The van der Waals surface area contributed by atoms with Gasteiger partial charge in [0.15, 0.2) is 0 Å². The Morgan fingerprint density at radius 3 is 2.11 bits per heavy atom. The Morgan fingerprint density at radius 2 is 1.74 bits per heavy atom. The highest BCUT2D eigenvalue weighted by atomic mass is 19.3. The zero-order valence-corrected chi connectivity index (χ0v) is 11.8. The third-order valence-electron chi connectivity index (χ3n) is 2.97. The summed E-state index contributed by atoms with van der Waals surface area (Å²) >= 11 is 0. The van der Waals surface area contributed by atoms with Crippen molar-refractivity contribution in [1.82, 2.24) is 5.32 Å². The van der Waals surface area contributed by atoms with Crippen LogP contribution in [-0.2, 0) is 10.2 Å². The number of nitrogens with one attached hydrogen (secondary N) is 1. The highest BCUT2D eigenvalue weighted by Gasteiger charge is 2.19. The van der Waals surface area contributed by atoms with Crippen molar-refractivity contribution in [3.8, 4) is 0 Å². The van der Waals surface area contributed by atoms with Crippen molar-refractivity contribution in [1.29, 1.82) is 0 Å². The summed E-state index contributed by atoms with van der Waals surface area (Å²) in [7, 11) is 0. The van der Waals surface area contributed by atoms with Gasteiger partial charge >= 0.3 is 0 Å². The second-order valence-electron chi connectivity index (χ2n) is 5.75. The van der Waals surface area contributed by atoms with Gasteiger partial charge in [-0.3, -0.25) is 4.79 Å². The van der Waals surface area contributed by atoms with Gasteiger partial charge in [-0.25, -0.2) is 8.78 Å². The van der Waals surface area contributed by atoms with Crippen molar-refractivity contribution in [2.75, 3.05) is 0 Å². The monoisotopic (exact) mass is 269 g/mol. The molecular weight excluding hydrogens is 248 g/mol. The van der Waals surface area contributed by atoms with E-state index in [4.69, 9.17) is 0 Å². The van der Waals surface area contributed by atoms with Crippen molar-refractivity contribution < 1.29 is 13.6 Å². The fraction of sp³-hybridized carbons (Fsp3) is 0.533. The molecule has 1 rings (SSSR count). The van der Waals surface area contributed by atoms with Crippen LogP contribution in [0.25, 0.3) is 0 Å². The van der Waals surface area contributed by atoms with E-state index in [1.807, 2.05) is 24.3 Å². The highest BCUT2D eigenvalue weighted by Crippen LogP contribution is 2.26. The number of alkyl halides is 2. The van der Waals surface area contributed by atoms with Gasteiger partial charge < -0.3 is 5.32 Å². The molecule has 0 aliphatic carbocycles. The van der Waals surface area contributed by atoms with Crippen molar-refractivity contribution in [2.45, 2.75) is 52.0 Å². The first-order valence-electron chi connectivity index (χ1n) is 6.36. The molecule has 0 saturated heterocycles. The quantitative estimate of drug-likeness (QED) is 0.884. The first-order chi connectivity index (χ1) is 8.70. The van der Waals surface area contributed by atoms with Gasteiger partial charge in [0.2, 0.25) is 12.3 Å². The standard InChI is InChI=1S/C15H21F2NO/c1-10(19)18-13(9-14(16)17)11-5-7-12(8-6-11)15(2,3)4/h5-8,13-14H,9H2,1-4H3,(H,18,19). The summed E-state index contributed by atoms with van der Waals surface area (Å²) in [6, 6.07) is 6.84. The molecule has 0 heterocycles. The molecule has 1 N–H and O–H groups in total. The first kappa shape index (κ1) is 15.6. The minimum Gasteiger partial charge on any atom is -0.349 e. The number of amides is 1. The Balaban J connectivity index is 2.93. The normalized spacial score (nSPS) is 13.4. The average Bonchev–Trinajstić information content (AvgIpc) is 2.26. The lowest BCUT2D eigenvalue weighted by molar-refractivity contribution is -0.119. The number of halogens is 2. The van der Waals surface area contributed by atoms with Gasteiger partial charge in [0, 0.05) is 13.3 Å². The van der Waals surface area contributed by atoms with Crippen molar-refractivity contribution >= 4 is 5.91 Å². The molecule has 0 spiro atoms. The van der Waals surface area contributed by atoms with E-state index in [-0.39, 0.29) is 17.7 Å². The molecule has 1 aromatic carbocycles. The van der Waals surface area contributed by atoms with E-state index in [2.05, 4.69) is 26.1 Å². The zero-order chi connectivity index (χ0) is 14.6. The maximum absolute atomic E-state index is 12.5. The van der Waals surface area contributed by atoms with E-state index >= 15 is 0 Å². The Bertz CT molecular complexity index is 421. The summed E-state index contributed by atoms with van der Waals surface area (Å²) in [6.45, 7) is 7.60. The van der Waals surface area contributed by atoms with Crippen molar-refractivity contribution in [2.24, 2.45) is 0 Å². The van der Waals surface area contributed by atoms with Crippen LogP contribution in [-0.4, -0.2) is 12.3 Å². The SMILES string of the molecule is CC(=O)NC(CC(F)F)c1ccc(C(C)(C)C)cc1. The van der Waals surface area contributed by atoms with Gasteiger partial charge in [-0.2, -0.15) is 0 Å². The van der Waals surface area contributed by atoms with E-state index in [1.165, 1.54) is 6.92 Å². The van der Waals surface area contributed by atoms with Crippen molar-refractivity contribution in [3.05, 3.63) is 35.4 Å². The predicted octanol–water partition coefficient (Wildman–Crippen LogP) is 3.82. The Hall–Kier alpha value is -1.45. The number of hydrogen-bond donors (Lipinski definition) is 1. The minimum absolute atomic E-state index is 0.0186. The smallest absolute Gasteiger partial charge is 0.240 e. The van der Waals surface area contributed by atoms with Crippen LogP contribution in [0.3, 0.4) is 0 Å². The molecular formula is C15H21F2NO. The van der Waals surface area contributed by atoms with Crippen LogP contribution in [0, 0.1) is 0 Å². The Labute approximate surface area is 113 Å². The second kappa shape index (κ2) is 6.13. The molecule has 1 aromatic rings. The molecule has 0 radical (unpaired) electrons. The summed E-state index contributed by atoms with van der Waals surface area (Å²) < 4.78 is 25.1. The largest absolute Gasteiger partial charge is 0.349 e. The molecule has 1 unspecified atom stereocenters. The average molecular weight is 269 g/mol. The molecule has 0 aliphatic heterocycles. The van der Waals surface area contributed by atoms with Crippen LogP contribution >= 0.6 is 0 Å². The van der Waals surface area contributed by atoms with Crippen LogP contribution in [0.1, 0.15) is 51.3 Å². The predicted molar refractivity (Wildman–Crippen MR) is 72.3 cm³/mol. The molecule has 0 bridgehead atoms. The number of benzene rings is 1. The van der Waals surface area contributed by atoms with Crippen LogP contribution in [0.5, 0.6) is 0 Å². The van der Waals surface area contributed by atoms with Crippen LogP contribution in [0.4, 0.5) is 8.78 Å². The molecule has 19 heavy (non-hydrogen) atoms. The zero-order valence-electron chi connectivity index (χ0n) is 11.8. The van der Waals surface area contributed by atoms with E-state index < -0.39 is 12.5 Å². The molecule has 106 valence electrons. The fourth-order valence-electron chi connectivity index (χ4n) is 1.92. The number of rotatable bonds is 4. The lowest BCUT2D eigenvalue weighted by Crippen LogP contribution is -2.27. The van der Waals surface area contributed by atoms with Gasteiger partial charge in [0.25, 0.3) is 0 Å². The van der Waals surface area contributed by atoms with Crippen molar-refractivity contribution in [3.63, 3.8) is 0 Å². The van der Waals surface area contributed by atoms with Gasteiger partial charge in [-0.1, -0.05) is 45.0 Å². The second-order valence-corrected chi connectivity index (χ2v) is 5.75. The van der Waals surface area contributed by atoms with Gasteiger partial charge in [0.1, 0.15) is 0 Å². The fourth-order valence-corrected chi connectivity index (χ4v) is 1.92. The maximum Gasteiger partial charge on any atom is 0.240 e. The molecule has 0 aliphatic rings. The summed E-state index contributed by atoms with van der Waals surface area (Å²) in [5.41, 5.74) is 1.86. The minimum atomic E-state index is -2.45. The lowest BCUT2D eigenvalue weighted by atomic mass is 9.86. The molecule has 0 saturated carbocycles. The molecule has 0 aromatic heterocycles. The number of carbonyl (C=O) groups excluding carboxylic acids is 1. The van der Waals surface area contributed by atoms with E-state index in [9.17, 15) is 13.6 Å². The van der Waals surface area contributed by atoms with Crippen LogP contribution in [0.15, 0.2) is 24.3 Å². The topological polar surface area (TPSA) is 29.1 Å². The number of hydrogen-bond acceptors (Lipinski definition) is 1. The van der Waals surface area contributed by atoms with E-state index in [0.717, 1.165) is 5.56 Å². The summed E-state index contributed by atoms with van der Waals surface area (Å²) in [5.74, 6) is -0.300. The number of carbonyl (C=O) groups is 1. The lowest BCUT2D eigenvalue weighted by Gasteiger charge is -2.22. The molecule has 4 heteroatoms. The molecule has 0 fully saturated rings. The van der Waals surface area contributed by atoms with Gasteiger partial charge in [0.05, 0.1) is 6.04 Å². The third-order valence-corrected chi connectivity index (χ3v) is 2.97. The molecule has 1 amide bonds. The molecule has 1 atom stereocenters. The molecule has 2 nitrogen and oxygen atoms in total. The van der Waals surface area contributed by atoms with Crippen LogP contribution < -0.4 is 5.32 Å². The van der Waals surface area contributed by atoms with Crippen LogP contribution in [0.2, 0.25) is 0 Å². The van der Waals surface area contributed by atoms with E-state index in [1.54, 1.807) is 0 Å². The highest BCUT2D eigenvalue weighted by molar-refractivity contribution is 5.73.